The van der Waals surface area contributed by atoms with E-state index in [1.807, 2.05) is 95.3 Å². The SMILES string of the molecule is CCC(C)C(=O)NC1CCC(CC(=O)Nc2cc(-c3ccccc3)c(-c3ccc(C4(NC(=O)OC(C)(C)C)CC(C)(O)C4)cc3)cn2)CC1. The first-order valence-corrected chi connectivity index (χ1v) is 17.7. The van der Waals surface area contributed by atoms with E-state index in [4.69, 9.17) is 4.74 Å². The first-order chi connectivity index (χ1) is 23.1. The predicted molar refractivity (Wildman–Crippen MR) is 193 cm³/mol. The molecule has 3 aromatic rings. The van der Waals surface area contributed by atoms with Crippen molar-refractivity contribution in [1.82, 2.24) is 15.6 Å². The van der Waals surface area contributed by atoms with E-state index in [1.54, 1.807) is 13.1 Å². The molecule has 1 heterocycles. The molecule has 4 N–H and O–H groups in total. The Morgan fingerprint density at radius 1 is 0.959 bits per heavy atom. The molecular formula is C40H52N4O5. The van der Waals surface area contributed by atoms with Gasteiger partial charge < -0.3 is 25.8 Å². The number of nitrogens with zero attached hydrogens (tertiary/aromatic N) is 1. The number of alkyl carbamates (subject to hydrolysis) is 1. The van der Waals surface area contributed by atoms with Crippen LogP contribution in [0.4, 0.5) is 10.6 Å². The van der Waals surface area contributed by atoms with Crippen LogP contribution in [0.25, 0.3) is 22.3 Å². The highest BCUT2D eigenvalue weighted by atomic mass is 16.6. The topological polar surface area (TPSA) is 130 Å². The largest absolute Gasteiger partial charge is 0.444 e. The van der Waals surface area contributed by atoms with E-state index in [1.165, 1.54) is 0 Å². The van der Waals surface area contributed by atoms with Crippen molar-refractivity contribution in [2.45, 2.75) is 116 Å². The van der Waals surface area contributed by atoms with E-state index < -0.39 is 22.8 Å². The van der Waals surface area contributed by atoms with Gasteiger partial charge in [0.2, 0.25) is 11.8 Å². The molecule has 0 bridgehead atoms. The standard InChI is InChI=1S/C40H52N4O5/c1-7-26(2)36(46)42-31-19-13-27(14-20-31)21-35(45)43-34-22-32(28-11-9-8-10-12-28)33(23-41-34)29-15-17-30(18-16-29)40(24-39(6,48)25-40)44-37(47)49-38(3,4)5/h8-12,15-18,22-23,26-27,31,48H,7,13-14,19-21,24-25H2,1-6H3,(H,42,46)(H,44,47)(H,41,43,45). The number of carbonyl (C=O) groups excluding carboxylic acids is 3. The molecule has 9 heteroatoms. The number of benzene rings is 2. The van der Waals surface area contributed by atoms with Crippen LogP contribution in [-0.4, -0.2) is 45.2 Å². The van der Waals surface area contributed by atoms with Crippen molar-refractivity contribution < 1.29 is 24.2 Å². The van der Waals surface area contributed by atoms with Gasteiger partial charge in [0.25, 0.3) is 0 Å². The minimum Gasteiger partial charge on any atom is -0.444 e. The van der Waals surface area contributed by atoms with Crippen LogP contribution < -0.4 is 16.0 Å². The molecule has 49 heavy (non-hydrogen) atoms. The smallest absolute Gasteiger partial charge is 0.408 e. The van der Waals surface area contributed by atoms with Crippen molar-refractivity contribution in [2.24, 2.45) is 11.8 Å². The van der Waals surface area contributed by atoms with Gasteiger partial charge in [0.15, 0.2) is 0 Å². The summed E-state index contributed by atoms with van der Waals surface area (Å²) in [5.74, 6) is 0.852. The molecule has 2 aliphatic carbocycles. The fourth-order valence-corrected chi connectivity index (χ4v) is 7.19. The molecule has 1 unspecified atom stereocenters. The van der Waals surface area contributed by atoms with Crippen LogP contribution in [-0.2, 0) is 19.9 Å². The molecule has 2 aromatic carbocycles. The summed E-state index contributed by atoms with van der Waals surface area (Å²) in [7, 11) is 0. The number of rotatable bonds is 10. The van der Waals surface area contributed by atoms with Crippen molar-refractivity contribution in [1.29, 1.82) is 0 Å². The summed E-state index contributed by atoms with van der Waals surface area (Å²) in [5.41, 5.74) is 2.40. The van der Waals surface area contributed by atoms with Crippen LogP contribution in [0.2, 0.25) is 0 Å². The number of pyridine rings is 1. The fourth-order valence-electron chi connectivity index (χ4n) is 7.19. The number of anilines is 1. The molecule has 0 saturated heterocycles. The number of nitrogens with one attached hydrogen (secondary N) is 3. The van der Waals surface area contributed by atoms with Crippen LogP contribution in [0.1, 0.15) is 98.5 Å². The van der Waals surface area contributed by atoms with Gasteiger partial charge in [-0.3, -0.25) is 9.59 Å². The lowest BCUT2D eigenvalue weighted by Crippen LogP contribution is -2.62. The van der Waals surface area contributed by atoms with Crippen LogP contribution >= 0.6 is 0 Å². The summed E-state index contributed by atoms with van der Waals surface area (Å²) in [5, 5.41) is 19.9. The van der Waals surface area contributed by atoms with Crippen molar-refractivity contribution in [3.8, 4) is 22.3 Å². The molecule has 3 amide bonds. The van der Waals surface area contributed by atoms with Gasteiger partial charge in [0.1, 0.15) is 11.4 Å². The van der Waals surface area contributed by atoms with E-state index in [0.717, 1.165) is 59.9 Å². The lowest BCUT2D eigenvalue weighted by atomic mass is 9.62. The molecule has 5 rings (SSSR count). The maximum atomic E-state index is 13.2. The summed E-state index contributed by atoms with van der Waals surface area (Å²) in [4.78, 5) is 42.9. The van der Waals surface area contributed by atoms with E-state index >= 15 is 0 Å². The Hall–Kier alpha value is -4.24. The zero-order valence-corrected chi connectivity index (χ0v) is 29.8. The number of aliphatic hydroxyl groups is 1. The van der Waals surface area contributed by atoms with Gasteiger partial charge in [-0.1, -0.05) is 68.4 Å². The average molecular weight is 669 g/mol. The first-order valence-electron chi connectivity index (χ1n) is 17.7. The molecular weight excluding hydrogens is 616 g/mol. The third-order valence-corrected chi connectivity index (χ3v) is 9.84. The fraction of sp³-hybridized carbons (Fsp3) is 0.500. The van der Waals surface area contributed by atoms with E-state index in [9.17, 15) is 19.5 Å². The number of hydrogen-bond acceptors (Lipinski definition) is 6. The van der Waals surface area contributed by atoms with Crippen molar-refractivity contribution >= 4 is 23.7 Å². The summed E-state index contributed by atoms with van der Waals surface area (Å²) < 4.78 is 5.54. The average Bonchev–Trinajstić information content (AvgIpc) is 3.03. The van der Waals surface area contributed by atoms with Crippen molar-refractivity contribution in [2.75, 3.05) is 5.32 Å². The number of aromatic nitrogens is 1. The second-order valence-electron chi connectivity index (χ2n) is 15.4. The minimum atomic E-state index is -0.886. The van der Waals surface area contributed by atoms with Crippen LogP contribution in [0.3, 0.4) is 0 Å². The predicted octanol–water partition coefficient (Wildman–Crippen LogP) is 7.73. The molecule has 2 saturated carbocycles. The van der Waals surface area contributed by atoms with Crippen LogP contribution in [0.5, 0.6) is 0 Å². The van der Waals surface area contributed by atoms with Crippen molar-refractivity contribution in [3.63, 3.8) is 0 Å². The molecule has 2 aliphatic rings. The Kier molecular flexibility index (Phi) is 10.8. The molecule has 1 atom stereocenters. The maximum Gasteiger partial charge on any atom is 0.408 e. The van der Waals surface area contributed by atoms with Gasteiger partial charge in [-0.05, 0) is 94.0 Å². The summed E-state index contributed by atoms with van der Waals surface area (Å²) >= 11 is 0. The number of amides is 3. The highest BCUT2D eigenvalue weighted by Crippen LogP contribution is 2.49. The molecule has 9 nitrogen and oxygen atoms in total. The van der Waals surface area contributed by atoms with Gasteiger partial charge in [-0.15, -0.1) is 0 Å². The van der Waals surface area contributed by atoms with Gasteiger partial charge in [-0.25, -0.2) is 9.78 Å². The van der Waals surface area contributed by atoms with Gasteiger partial charge in [0, 0.05) is 43.0 Å². The van der Waals surface area contributed by atoms with E-state index in [0.29, 0.717) is 25.1 Å². The van der Waals surface area contributed by atoms with Crippen molar-refractivity contribution in [3.05, 3.63) is 72.4 Å². The quantitative estimate of drug-likeness (QED) is 0.175. The Morgan fingerprint density at radius 2 is 1.59 bits per heavy atom. The highest BCUT2D eigenvalue weighted by molar-refractivity contribution is 5.92. The lowest BCUT2D eigenvalue weighted by Gasteiger charge is -2.52. The molecule has 0 radical (unpaired) electrons. The monoisotopic (exact) mass is 668 g/mol. The molecule has 262 valence electrons. The highest BCUT2D eigenvalue weighted by Gasteiger charge is 2.53. The van der Waals surface area contributed by atoms with Gasteiger partial charge >= 0.3 is 6.09 Å². The van der Waals surface area contributed by atoms with Gasteiger partial charge in [0.05, 0.1) is 11.1 Å². The summed E-state index contributed by atoms with van der Waals surface area (Å²) in [6, 6.07) is 20.1. The lowest BCUT2D eigenvalue weighted by molar-refractivity contribution is -0.125. The first kappa shape index (κ1) is 36.1. The summed E-state index contributed by atoms with van der Waals surface area (Å²) in [6.45, 7) is 11.2. The maximum absolute atomic E-state index is 13.2. The van der Waals surface area contributed by atoms with Crippen LogP contribution in [0.15, 0.2) is 66.9 Å². The third kappa shape index (κ3) is 9.26. The number of ether oxygens (including phenoxy) is 1. The Balaban J connectivity index is 1.29. The zero-order chi connectivity index (χ0) is 35.4. The second kappa shape index (κ2) is 14.7. The van der Waals surface area contributed by atoms with Crippen LogP contribution in [0, 0.1) is 11.8 Å². The second-order valence-corrected chi connectivity index (χ2v) is 15.4. The molecule has 0 spiro atoms. The zero-order valence-electron chi connectivity index (χ0n) is 29.8. The Morgan fingerprint density at radius 3 is 2.18 bits per heavy atom. The molecule has 2 fully saturated rings. The Bertz CT molecular complexity index is 1610. The van der Waals surface area contributed by atoms with Gasteiger partial charge in [-0.2, -0.15) is 0 Å². The minimum absolute atomic E-state index is 0.0220. The number of hydrogen-bond donors (Lipinski definition) is 4. The van der Waals surface area contributed by atoms with E-state index in [2.05, 4.69) is 20.9 Å². The summed E-state index contributed by atoms with van der Waals surface area (Å²) in [6.07, 6.45) is 6.87. The third-order valence-electron chi connectivity index (χ3n) is 9.84. The molecule has 1 aromatic heterocycles. The number of carbonyl (C=O) groups is 3. The normalized spacial score (nSPS) is 24.2. The van der Waals surface area contributed by atoms with E-state index in [-0.39, 0.29) is 29.7 Å². The molecule has 0 aliphatic heterocycles. The Labute approximate surface area is 290 Å².